The van der Waals surface area contributed by atoms with Gasteiger partial charge in [-0.1, -0.05) is 30.3 Å². The summed E-state index contributed by atoms with van der Waals surface area (Å²) < 4.78 is 0. The average molecular weight is 337 g/mol. The quantitative estimate of drug-likeness (QED) is 0.835. The molecule has 2 bridgehead atoms. The van der Waals surface area contributed by atoms with Gasteiger partial charge in [-0.05, 0) is 56.9 Å². The van der Waals surface area contributed by atoms with Crippen molar-refractivity contribution in [2.45, 2.75) is 70.0 Å². The number of piperidine rings is 1. The van der Waals surface area contributed by atoms with Gasteiger partial charge in [0.2, 0.25) is 5.91 Å². The van der Waals surface area contributed by atoms with Crippen molar-refractivity contribution in [2.75, 3.05) is 0 Å². The maximum Gasteiger partial charge on any atom is 0.220 e. The second kappa shape index (κ2) is 8.70. The van der Waals surface area contributed by atoms with Crippen LogP contribution in [-0.2, 0) is 11.2 Å². The molecule has 2 saturated heterocycles. The second-order valence-electron chi connectivity index (χ2n) is 7.17. The summed E-state index contributed by atoms with van der Waals surface area (Å²) in [5, 5.41) is 6.83. The highest BCUT2D eigenvalue weighted by Gasteiger charge is 2.34. The first-order valence-electron chi connectivity index (χ1n) is 8.78. The number of fused-ring (bicyclic) bond motifs is 2. The zero-order valence-electron chi connectivity index (χ0n) is 14.0. The van der Waals surface area contributed by atoms with E-state index >= 15 is 0 Å². The normalized spacial score (nSPS) is 27.1. The van der Waals surface area contributed by atoms with Gasteiger partial charge in [0.25, 0.3) is 0 Å². The van der Waals surface area contributed by atoms with Gasteiger partial charge in [0.1, 0.15) is 0 Å². The zero-order valence-corrected chi connectivity index (χ0v) is 14.8. The van der Waals surface area contributed by atoms with E-state index in [9.17, 15) is 4.79 Å². The lowest BCUT2D eigenvalue weighted by atomic mass is 9.89. The Kier molecular flexibility index (Phi) is 6.91. The lowest BCUT2D eigenvalue weighted by molar-refractivity contribution is -0.122. The van der Waals surface area contributed by atoms with E-state index in [0.29, 0.717) is 24.4 Å². The fourth-order valence-corrected chi connectivity index (χ4v) is 4.04. The van der Waals surface area contributed by atoms with Crippen molar-refractivity contribution in [2.24, 2.45) is 5.92 Å². The molecule has 0 spiro atoms. The van der Waals surface area contributed by atoms with Crippen LogP contribution in [0.25, 0.3) is 0 Å². The third-order valence-corrected chi connectivity index (χ3v) is 5.16. The first-order chi connectivity index (χ1) is 10.7. The van der Waals surface area contributed by atoms with Crippen LogP contribution in [0.1, 0.15) is 51.0 Å². The third-order valence-electron chi connectivity index (χ3n) is 5.16. The number of halogens is 1. The molecule has 1 aromatic carbocycles. The van der Waals surface area contributed by atoms with Crippen LogP contribution in [-0.4, -0.2) is 24.0 Å². The number of hydrogen-bond acceptors (Lipinski definition) is 2. The second-order valence-corrected chi connectivity index (χ2v) is 7.17. The molecule has 3 nitrogen and oxygen atoms in total. The van der Waals surface area contributed by atoms with Gasteiger partial charge in [-0.15, -0.1) is 12.4 Å². The van der Waals surface area contributed by atoms with Gasteiger partial charge in [0.05, 0.1) is 0 Å². The zero-order chi connectivity index (χ0) is 15.4. The van der Waals surface area contributed by atoms with Gasteiger partial charge >= 0.3 is 0 Å². The Bertz CT molecular complexity index is 481. The Balaban J connectivity index is 0.00000192. The number of nitrogens with one attached hydrogen (secondary N) is 2. The van der Waals surface area contributed by atoms with Crippen LogP contribution in [0.4, 0.5) is 0 Å². The van der Waals surface area contributed by atoms with Crippen molar-refractivity contribution in [3.05, 3.63) is 35.9 Å². The number of carbonyl (C=O) groups is 1. The Labute approximate surface area is 146 Å². The van der Waals surface area contributed by atoms with Gasteiger partial charge in [0, 0.05) is 24.5 Å². The number of aryl methyl sites for hydroxylation is 1. The minimum atomic E-state index is 0. The molecular formula is C19H29ClN2O. The SMILES string of the molecule is CC(CCc1ccccc1)NC(=O)CC1CC2CCC(C1)N2.Cl. The predicted molar refractivity (Wildman–Crippen MR) is 96.9 cm³/mol. The molecule has 2 aliphatic rings. The highest BCUT2D eigenvalue weighted by molar-refractivity contribution is 5.85. The maximum absolute atomic E-state index is 12.2. The molecule has 23 heavy (non-hydrogen) atoms. The topological polar surface area (TPSA) is 41.1 Å². The summed E-state index contributed by atoms with van der Waals surface area (Å²) in [6.07, 6.45) is 7.72. The summed E-state index contributed by atoms with van der Waals surface area (Å²) in [5.74, 6) is 0.826. The molecule has 2 N–H and O–H groups in total. The molecule has 3 atom stereocenters. The first kappa shape index (κ1) is 18.3. The van der Waals surface area contributed by atoms with E-state index in [-0.39, 0.29) is 24.4 Å². The Hall–Kier alpha value is -1.06. The van der Waals surface area contributed by atoms with E-state index in [0.717, 1.165) is 12.8 Å². The lowest BCUT2D eigenvalue weighted by Gasteiger charge is -2.29. The molecule has 0 saturated carbocycles. The fraction of sp³-hybridized carbons (Fsp3) is 0.632. The van der Waals surface area contributed by atoms with Crippen molar-refractivity contribution in [1.29, 1.82) is 0 Å². The smallest absolute Gasteiger partial charge is 0.220 e. The monoisotopic (exact) mass is 336 g/mol. The Morgan fingerprint density at radius 1 is 1.22 bits per heavy atom. The first-order valence-corrected chi connectivity index (χ1v) is 8.78. The van der Waals surface area contributed by atoms with Gasteiger partial charge in [-0.3, -0.25) is 4.79 Å². The van der Waals surface area contributed by atoms with E-state index < -0.39 is 0 Å². The van der Waals surface area contributed by atoms with E-state index in [1.54, 1.807) is 0 Å². The van der Waals surface area contributed by atoms with Crippen molar-refractivity contribution in [3.8, 4) is 0 Å². The fourth-order valence-electron chi connectivity index (χ4n) is 4.04. The summed E-state index contributed by atoms with van der Waals surface area (Å²) in [7, 11) is 0. The molecule has 2 aliphatic heterocycles. The molecule has 4 heteroatoms. The summed E-state index contributed by atoms with van der Waals surface area (Å²) >= 11 is 0. The number of carbonyl (C=O) groups excluding carboxylic acids is 1. The van der Waals surface area contributed by atoms with Crippen LogP contribution in [0.2, 0.25) is 0 Å². The van der Waals surface area contributed by atoms with Gasteiger partial charge < -0.3 is 10.6 Å². The predicted octanol–water partition coefficient (Wildman–Crippen LogP) is 3.47. The van der Waals surface area contributed by atoms with Crippen molar-refractivity contribution in [3.63, 3.8) is 0 Å². The number of hydrogen-bond donors (Lipinski definition) is 2. The number of rotatable bonds is 6. The molecule has 3 rings (SSSR count). The van der Waals surface area contributed by atoms with Crippen molar-refractivity contribution in [1.82, 2.24) is 10.6 Å². The molecule has 0 radical (unpaired) electrons. The van der Waals surface area contributed by atoms with Crippen LogP contribution in [0, 0.1) is 5.92 Å². The summed E-state index contributed by atoms with van der Waals surface area (Å²) in [4.78, 5) is 12.2. The Morgan fingerprint density at radius 3 is 2.52 bits per heavy atom. The average Bonchev–Trinajstić information content (AvgIpc) is 2.85. The molecule has 1 amide bonds. The van der Waals surface area contributed by atoms with Crippen molar-refractivity contribution < 1.29 is 4.79 Å². The van der Waals surface area contributed by atoms with Crippen LogP contribution in [0.5, 0.6) is 0 Å². The number of amides is 1. The van der Waals surface area contributed by atoms with E-state index in [4.69, 9.17) is 0 Å². The molecule has 1 aromatic rings. The molecular weight excluding hydrogens is 308 g/mol. The van der Waals surface area contributed by atoms with Crippen LogP contribution >= 0.6 is 12.4 Å². The number of benzene rings is 1. The molecule has 3 unspecified atom stereocenters. The van der Waals surface area contributed by atoms with E-state index in [1.165, 1.54) is 31.2 Å². The lowest BCUT2D eigenvalue weighted by Crippen LogP contribution is -2.40. The molecule has 0 aromatic heterocycles. The van der Waals surface area contributed by atoms with Gasteiger partial charge in [0.15, 0.2) is 0 Å². The van der Waals surface area contributed by atoms with Crippen LogP contribution in [0.3, 0.4) is 0 Å². The minimum absolute atomic E-state index is 0. The largest absolute Gasteiger partial charge is 0.354 e. The minimum Gasteiger partial charge on any atom is -0.354 e. The summed E-state index contributed by atoms with van der Waals surface area (Å²) in [5.41, 5.74) is 1.35. The third kappa shape index (κ3) is 5.50. The molecule has 128 valence electrons. The van der Waals surface area contributed by atoms with E-state index in [2.05, 4.69) is 41.8 Å². The summed E-state index contributed by atoms with van der Waals surface area (Å²) in [6, 6.07) is 12.1. The van der Waals surface area contributed by atoms with E-state index in [1.807, 2.05) is 6.07 Å². The molecule has 2 fully saturated rings. The molecule has 0 aliphatic carbocycles. The van der Waals surface area contributed by atoms with Gasteiger partial charge in [-0.25, -0.2) is 0 Å². The van der Waals surface area contributed by atoms with Crippen LogP contribution in [0.15, 0.2) is 30.3 Å². The highest BCUT2D eigenvalue weighted by atomic mass is 35.5. The van der Waals surface area contributed by atoms with Gasteiger partial charge in [-0.2, -0.15) is 0 Å². The van der Waals surface area contributed by atoms with Crippen molar-refractivity contribution >= 4 is 18.3 Å². The maximum atomic E-state index is 12.2. The Morgan fingerprint density at radius 2 is 1.87 bits per heavy atom. The summed E-state index contributed by atoms with van der Waals surface area (Å²) in [6.45, 7) is 2.12. The standard InChI is InChI=1S/C19H28N2O.ClH/c1-14(7-8-15-5-3-2-4-6-15)20-19(22)13-16-11-17-9-10-18(12-16)21-17;/h2-6,14,16-18,21H,7-13H2,1H3,(H,20,22);1H. The van der Waals surface area contributed by atoms with Crippen LogP contribution < -0.4 is 10.6 Å². The highest BCUT2D eigenvalue weighted by Crippen LogP contribution is 2.32. The molecule has 2 heterocycles.